The average Bonchev–Trinajstić information content (AvgIpc) is 2.71. The first-order chi connectivity index (χ1) is 6.40. The van der Waals surface area contributed by atoms with Gasteiger partial charge in [-0.25, -0.2) is 4.98 Å². The lowest BCUT2D eigenvalue weighted by Crippen LogP contribution is -1.88. The molecule has 2 nitrogen and oxygen atoms in total. The van der Waals surface area contributed by atoms with Crippen molar-refractivity contribution < 1.29 is 4.74 Å². The van der Waals surface area contributed by atoms with Crippen LogP contribution in [-0.4, -0.2) is 12.1 Å². The fourth-order valence-corrected chi connectivity index (χ4v) is 1.75. The van der Waals surface area contributed by atoms with Crippen LogP contribution in [0, 0.1) is 0 Å². The van der Waals surface area contributed by atoms with E-state index in [9.17, 15) is 0 Å². The summed E-state index contributed by atoms with van der Waals surface area (Å²) in [4.78, 5) is 4.32. The summed E-state index contributed by atoms with van der Waals surface area (Å²) < 4.78 is 5.05. The molecule has 0 aliphatic rings. The predicted octanol–water partition coefficient (Wildman–Crippen LogP) is 2.82. The minimum absolute atomic E-state index is 0.656. The van der Waals surface area contributed by atoms with Gasteiger partial charge >= 0.3 is 0 Å². The molecule has 0 saturated heterocycles. The van der Waals surface area contributed by atoms with Gasteiger partial charge < -0.3 is 4.74 Å². The van der Waals surface area contributed by atoms with Gasteiger partial charge in [0.1, 0.15) is 0 Å². The van der Waals surface area contributed by atoms with E-state index < -0.39 is 0 Å². The Hall–Kier alpha value is -1.35. The van der Waals surface area contributed by atoms with Gasteiger partial charge in [-0.15, -0.1) is 0 Å². The summed E-state index contributed by atoms with van der Waals surface area (Å²) in [6.07, 6.45) is 0. The van der Waals surface area contributed by atoms with Crippen molar-refractivity contribution >= 4 is 11.3 Å². The first-order valence-electron chi connectivity index (χ1n) is 3.94. The molecule has 2 rings (SSSR count). The Morgan fingerprint density at radius 1 is 1.31 bits per heavy atom. The topological polar surface area (TPSA) is 22.1 Å². The van der Waals surface area contributed by atoms with E-state index in [4.69, 9.17) is 4.74 Å². The van der Waals surface area contributed by atoms with Crippen molar-refractivity contribution in [1.82, 2.24) is 4.98 Å². The van der Waals surface area contributed by atoms with Gasteiger partial charge in [0, 0.05) is 17.0 Å². The molecule has 0 fully saturated rings. The Morgan fingerprint density at radius 3 is 2.92 bits per heavy atom. The number of aromatic nitrogens is 1. The molecule has 2 aromatic rings. The van der Waals surface area contributed by atoms with Gasteiger partial charge in [0.05, 0.1) is 12.8 Å². The third kappa shape index (κ3) is 1.70. The summed E-state index contributed by atoms with van der Waals surface area (Å²) in [5.41, 5.74) is 2.10. The van der Waals surface area contributed by atoms with Crippen molar-refractivity contribution in [2.24, 2.45) is 0 Å². The number of hydrogen-bond donors (Lipinski definition) is 0. The molecule has 0 radical (unpaired) electrons. The molecule has 0 aromatic carbocycles. The molecule has 0 atom stereocenters. The normalized spacial score (nSPS) is 9.92. The Labute approximate surface area is 80.8 Å². The molecule has 13 heavy (non-hydrogen) atoms. The van der Waals surface area contributed by atoms with Crippen molar-refractivity contribution in [2.75, 3.05) is 7.11 Å². The van der Waals surface area contributed by atoms with E-state index in [0.29, 0.717) is 5.88 Å². The van der Waals surface area contributed by atoms with Gasteiger partial charge in [-0.1, -0.05) is 6.07 Å². The van der Waals surface area contributed by atoms with Crippen LogP contribution >= 0.6 is 11.3 Å². The maximum Gasteiger partial charge on any atom is 0.213 e. The summed E-state index contributed by atoms with van der Waals surface area (Å²) in [6.45, 7) is 0. The number of thiophene rings is 1. The summed E-state index contributed by atoms with van der Waals surface area (Å²) in [6, 6.07) is 7.81. The quantitative estimate of drug-likeness (QED) is 0.728. The van der Waals surface area contributed by atoms with E-state index in [2.05, 4.69) is 10.4 Å². The van der Waals surface area contributed by atoms with E-state index in [1.54, 1.807) is 18.4 Å². The first kappa shape index (κ1) is 8.26. The van der Waals surface area contributed by atoms with Gasteiger partial charge in [-0.3, -0.25) is 0 Å². The monoisotopic (exact) mass is 191 g/mol. The zero-order valence-corrected chi connectivity index (χ0v) is 8.04. The molecule has 66 valence electrons. The zero-order chi connectivity index (χ0) is 9.10. The highest BCUT2D eigenvalue weighted by molar-refractivity contribution is 7.08. The SMILES string of the molecule is COc1cccc(-c2ccsc2)n1. The van der Waals surface area contributed by atoms with Gasteiger partial charge in [-0.05, 0) is 17.5 Å². The molecular weight excluding hydrogens is 182 g/mol. The van der Waals surface area contributed by atoms with Crippen LogP contribution in [0.4, 0.5) is 0 Å². The van der Waals surface area contributed by atoms with Gasteiger partial charge in [0.15, 0.2) is 0 Å². The fourth-order valence-electron chi connectivity index (χ4n) is 1.10. The number of rotatable bonds is 2. The molecule has 2 heterocycles. The molecule has 0 saturated carbocycles. The molecule has 0 amide bonds. The van der Waals surface area contributed by atoms with Crippen molar-refractivity contribution in [1.29, 1.82) is 0 Å². The van der Waals surface area contributed by atoms with Crippen LogP contribution in [0.1, 0.15) is 0 Å². The number of pyridine rings is 1. The smallest absolute Gasteiger partial charge is 0.213 e. The zero-order valence-electron chi connectivity index (χ0n) is 7.23. The molecule has 0 unspecified atom stereocenters. The summed E-state index contributed by atoms with van der Waals surface area (Å²) >= 11 is 1.67. The fraction of sp³-hybridized carbons (Fsp3) is 0.100. The van der Waals surface area contributed by atoms with Crippen LogP contribution in [0.2, 0.25) is 0 Å². The second-order valence-electron chi connectivity index (χ2n) is 2.58. The summed E-state index contributed by atoms with van der Waals surface area (Å²) in [7, 11) is 1.62. The van der Waals surface area contributed by atoms with Crippen molar-refractivity contribution in [3.63, 3.8) is 0 Å². The maximum absolute atomic E-state index is 5.05. The third-order valence-electron chi connectivity index (χ3n) is 1.75. The highest BCUT2D eigenvalue weighted by Gasteiger charge is 2.00. The molecule has 0 spiro atoms. The van der Waals surface area contributed by atoms with Crippen molar-refractivity contribution in [2.45, 2.75) is 0 Å². The number of ether oxygens (including phenoxy) is 1. The Bertz CT molecular complexity index is 384. The second kappa shape index (κ2) is 3.58. The van der Waals surface area contributed by atoms with Crippen LogP contribution in [0.25, 0.3) is 11.3 Å². The lowest BCUT2D eigenvalue weighted by Gasteiger charge is -2.00. The van der Waals surface area contributed by atoms with Gasteiger partial charge in [0.25, 0.3) is 0 Å². The van der Waals surface area contributed by atoms with E-state index in [-0.39, 0.29) is 0 Å². The lowest BCUT2D eigenvalue weighted by atomic mass is 10.2. The minimum Gasteiger partial charge on any atom is -0.481 e. The molecule has 3 heteroatoms. The maximum atomic E-state index is 5.05. The molecule has 0 aliphatic heterocycles. The molecule has 2 aromatic heterocycles. The van der Waals surface area contributed by atoms with Crippen molar-refractivity contribution in [3.8, 4) is 17.1 Å². The van der Waals surface area contributed by atoms with E-state index in [1.165, 1.54) is 0 Å². The summed E-state index contributed by atoms with van der Waals surface area (Å²) in [5.74, 6) is 0.656. The van der Waals surface area contributed by atoms with Crippen LogP contribution in [-0.2, 0) is 0 Å². The highest BCUT2D eigenvalue weighted by Crippen LogP contribution is 2.21. The van der Waals surface area contributed by atoms with Gasteiger partial charge in [0.2, 0.25) is 5.88 Å². The highest BCUT2D eigenvalue weighted by atomic mass is 32.1. The molecule has 0 N–H and O–H groups in total. The van der Waals surface area contributed by atoms with E-state index in [0.717, 1.165) is 11.3 Å². The Morgan fingerprint density at radius 2 is 2.23 bits per heavy atom. The van der Waals surface area contributed by atoms with Crippen molar-refractivity contribution in [3.05, 3.63) is 35.0 Å². The van der Waals surface area contributed by atoms with E-state index in [1.807, 2.05) is 29.6 Å². The number of methoxy groups -OCH3 is 1. The molecule has 0 aliphatic carbocycles. The Kier molecular flexibility index (Phi) is 2.27. The van der Waals surface area contributed by atoms with Crippen LogP contribution in [0.3, 0.4) is 0 Å². The summed E-state index contributed by atoms with van der Waals surface area (Å²) in [5, 5.41) is 4.11. The van der Waals surface area contributed by atoms with Crippen LogP contribution < -0.4 is 4.74 Å². The lowest BCUT2D eigenvalue weighted by molar-refractivity contribution is 0.398. The van der Waals surface area contributed by atoms with E-state index >= 15 is 0 Å². The van der Waals surface area contributed by atoms with Gasteiger partial charge in [-0.2, -0.15) is 11.3 Å². The van der Waals surface area contributed by atoms with Crippen LogP contribution in [0.15, 0.2) is 35.0 Å². The number of hydrogen-bond acceptors (Lipinski definition) is 3. The standard InChI is InChI=1S/C10H9NOS/c1-12-10-4-2-3-9(11-10)8-5-6-13-7-8/h2-7H,1H3. The second-order valence-corrected chi connectivity index (χ2v) is 3.36. The predicted molar refractivity (Wildman–Crippen MR) is 54.1 cm³/mol. The number of nitrogens with zero attached hydrogens (tertiary/aromatic N) is 1. The molecular formula is C10H9NOS. The largest absolute Gasteiger partial charge is 0.481 e. The van der Waals surface area contributed by atoms with Crippen LogP contribution in [0.5, 0.6) is 5.88 Å². The minimum atomic E-state index is 0.656. The third-order valence-corrected chi connectivity index (χ3v) is 2.43. The Balaban J connectivity index is 2.41. The average molecular weight is 191 g/mol. The molecule has 0 bridgehead atoms. The first-order valence-corrected chi connectivity index (χ1v) is 4.88.